The van der Waals surface area contributed by atoms with Crippen LogP contribution in [-0.4, -0.2) is 50.5 Å². The van der Waals surface area contributed by atoms with Crippen molar-refractivity contribution in [1.29, 1.82) is 0 Å². The van der Waals surface area contributed by atoms with E-state index in [1.54, 1.807) is 18.3 Å². The number of amides is 1. The zero-order chi connectivity index (χ0) is 23.2. The number of anilines is 2. The molecule has 0 radical (unpaired) electrons. The topological polar surface area (TPSA) is 141 Å². The highest BCUT2D eigenvalue weighted by molar-refractivity contribution is 7.46. The van der Waals surface area contributed by atoms with E-state index in [-0.39, 0.29) is 12.2 Å². The van der Waals surface area contributed by atoms with Gasteiger partial charge in [-0.2, -0.15) is 0 Å². The number of benzene rings is 2. The first kappa shape index (κ1) is 21.5. The summed E-state index contributed by atoms with van der Waals surface area (Å²) in [5, 5.41) is 10.4. The second kappa shape index (κ2) is 8.23. The van der Waals surface area contributed by atoms with Gasteiger partial charge in [0.05, 0.1) is 25.0 Å². The lowest BCUT2D eigenvalue weighted by Crippen LogP contribution is -2.25. The van der Waals surface area contributed by atoms with E-state index in [4.69, 9.17) is 14.5 Å². The zero-order valence-corrected chi connectivity index (χ0v) is 18.0. The predicted octanol–water partition coefficient (Wildman–Crippen LogP) is 2.57. The van der Waals surface area contributed by atoms with E-state index in [1.165, 1.54) is 11.0 Å². The maximum atomic E-state index is 15.0. The summed E-state index contributed by atoms with van der Waals surface area (Å²) in [7, 11) is -4.68. The Morgan fingerprint density at radius 1 is 1.21 bits per heavy atom. The van der Waals surface area contributed by atoms with E-state index in [9.17, 15) is 9.36 Å². The molecule has 2 aliphatic rings. The Labute approximate surface area is 187 Å². The summed E-state index contributed by atoms with van der Waals surface area (Å²) in [6.07, 6.45) is 0.0299. The van der Waals surface area contributed by atoms with Crippen LogP contribution < -0.4 is 9.80 Å². The van der Waals surface area contributed by atoms with Crippen LogP contribution in [0.1, 0.15) is 11.1 Å². The van der Waals surface area contributed by atoms with Crippen molar-refractivity contribution < 1.29 is 32.8 Å². The van der Waals surface area contributed by atoms with Gasteiger partial charge < -0.3 is 19.4 Å². The van der Waals surface area contributed by atoms with Crippen molar-refractivity contribution >= 4 is 25.4 Å². The van der Waals surface area contributed by atoms with Gasteiger partial charge in [-0.25, -0.2) is 18.8 Å². The van der Waals surface area contributed by atoms with E-state index in [0.29, 0.717) is 24.2 Å². The molecule has 2 aromatic carbocycles. The fourth-order valence-corrected chi connectivity index (χ4v) is 4.34. The summed E-state index contributed by atoms with van der Waals surface area (Å²) < 4.78 is 35.3. The van der Waals surface area contributed by atoms with Gasteiger partial charge in [0.15, 0.2) is 0 Å². The molecule has 1 atom stereocenters. The van der Waals surface area contributed by atoms with Crippen LogP contribution in [0, 0.1) is 5.82 Å². The lowest BCUT2D eigenvalue weighted by atomic mass is 10.00. The van der Waals surface area contributed by atoms with Gasteiger partial charge in [0, 0.05) is 18.7 Å². The Bertz CT molecular complexity index is 1250. The molecular weight excluding hydrogens is 456 g/mol. The fraction of sp³-hybridized carbons (Fsp3) is 0.250. The van der Waals surface area contributed by atoms with Crippen LogP contribution in [0.15, 0.2) is 42.6 Å². The molecule has 0 saturated carbocycles. The monoisotopic (exact) mass is 475 g/mol. The average molecular weight is 475 g/mol. The van der Waals surface area contributed by atoms with Crippen LogP contribution in [0.3, 0.4) is 0 Å². The molecular formula is C20H19FN5O6P. The SMILES string of the molecule is O=C1OC(COP(=O)(O)O)CN1c1ccc(-c2ccc3c(c2)CN(c2cnn[nH]2)C3)c(F)c1. The summed E-state index contributed by atoms with van der Waals surface area (Å²) in [4.78, 5) is 33.0. The lowest BCUT2D eigenvalue weighted by molar-refractivity contribution is 0.0880. The van der Waals surface area contributed by atoms with E-state index in [2.05, 4.69) is 24.8 Å². The average Bonchev–Trinajstić information content (AvgIpc) is 3.50. The van der Waals surface area contributed by atoms with Gasteiger partial charge in [-0.3, -0.25) is 9.42 Å². The van der Waals surface area contributed by atoms with Gasteiger partial charge in [0.2, 0.25) is 0 Å². The van der Waals surface area contributed by atoms with Crippen LogP contribution in [0.4, 0.5) is 20.7 Å². The number of ether oxygens (including phenoxy) is 1. The highest BCUT2D eigenvalue weighted by Crippen LogP contribution is 2.37. The molecule has 5 rings (SSSR count). The van der Waals surface area contributed by atoms with Crippen LogP contribution in [0.2, 0.25) is 0 Å². The number of aromatic amines is 1. The third kappa shape index (κ3) is 4.46. The van der Waals surface area contributed by atoms with Crippen LogP contribution in [-0.2, 0) is 26.9 Å². The summed E-state index contributed by atoms with van der Waals surface area (Å²) in [6.45, 7) is 0.859. The normalized spacial score (nSPS) is 18.0. The Balaban J connectivity index is 1.32. The Kier molecular flexibility index (Phi) is 5.37. The maximum absolute atomic E-state index is 15.0. The van der Waals surface area contributed by atoms with Crippen molar-refractivity contribution in [2.75, 3.05) is 23.0 Å². The Hall–Kier alpha value is -3.31. The molecule has 1 fully saturated rings. The minimum Gasteiger partial charge on any atom is -0.441 e. The van der Waals surface area contributed by atoms with Crippen molar-refractivity contribution in [2.24, 2.45) is 0 Å². The van der Waals surface area contributed by atoms with Gasteiger partial charge in [-0.1, -0.05) is 17.3 Å². The van der Waals surface area contributed by atoms with Crippen molar-refractivity contribution in [2.45, 2.75) is 19.2 Å². The van der Waals surface area contributed by atoms with Crippen molar-refractivity contribution in [3.8, 4) is 11.1 Å². The summed E-state index contributed by atoms with van der Waals surface area (Å²) >= 11 is 0. The number of nitrogens with zero attached hydrogens (tertiary/aromatic N) is 4. The number of phosphoric acid groups is 1. The van der Waals surface area contributed by atoms with Crippen molar-refractivity contribution in [3.63, 3.8) is 0 Å². The number of carbonyl (C=O) groups is 1. The summed E-state index contributed by atoms with van der Waals surface area (Å²) in [5.41, 5.74) is 3.57. The maximum Gasteiger partial charge on any atom is 0.469 e. The third-order valence-corrected chi connectivity index (χ3v) is 6.04. The first-order valence-electron chi connectivity index (χ1n) is 9.98. The number of nitrogens with one attached hydrogen (secondary N) is 1. The van der Waals surface area contributed by atoms with Crippen molar-refractivity contribution in [1.82, 2.24) is 15.4 Å². The van der Waals surface area contributed by atoms with Crippen LogP contribution >= 0.6 is 7.82 Å². The van der Waals surface area contributed by atoms with Gasteiger partial charge >= 0.3 is 13.9 Å². The smallest absolute Gasteiger partial charge is 0.441 e. The first-order chi connectivity index (χ1) is 15.8. The second-order valence-corrected chi connectivity index (χ2v) is 8.99. The summed E-state index contributed by atoms with van der Waals surface area (Å²) in [6, 6.07) is 10.2. The van der Waals surface area contributed by atoms with Crippen LogP contribution in [0.5, 0.6) is 0 Å². The molecule has 1 aromatic heterocycles. The number of H-pyrrole nitrogens is 1. The van der Waals surface area contributed by atoms with E-state index in [1.807, 2.05) is 18.2 Å². The zero-order valence-electron chi connectivity index (χ0n) is 17.1. The fourth-order valence-electron chi connectivity index (χ4n) is 3.98. The molecule has 3 N–H and O–H groups in total. The lowest BCUT2D eigenvalue weighted by Gasteiger charge is -2.15. The van der Waals surface area contributed by atoms with E-state index >= 15 is 4.39 Å². The predicted molar refractivity (Wildman–Crippen MR) is 114 cm³/mol. The number of phosphoric ester groups is 1. The number of cyclic esters (lactones) is 1. The summed E-state index contributed by atoms with van der Waals surface area (Å²) in [5.74, 6) is 0.299. The molecule has 2 aliphatic heterocycles. The third-order valence-electron chi connectivity index (χ3n) is 5.55. The molecule has 1 saturated heterocycles. The van der Waals surface area contributed by atoms with Gasteiger partial charge in [-0.15, -0.1) is 5.10 Å². The highest BCUT2D eigenvalue weighted by Gasteiger charge is 2.34. The molecule has 33 heavy (non-hydrogen) atoms. The number of rotatable bonds is 6. The largest absolute Gasteiger partial charge is 0.469 e. The van der Waals surface area contributed by atoms with E-state index in [0.717, 1.165) is 16.9 Å². The Morgan fingerprint density at radius 3 is 2.76 bits per heavy atom. The van der Waals surface area contributed by atoms with Gasteiger partial charge in [0.1, 0.15) is 17.7 Å². The molecule has 0 spiro atoms. The molecule has 11 nitrogen and oxygen atoms in total. The molecule has 3 aromatic rings. The quantitative estimate of drug-likeness (QED) is 0.459. The Morgan fingerprint density at radius 2 is 2.03 bits per heavy atom. The van der Waals surface area contributed by atoms with Crippen molar-refractivity contribution in [3.05, 3.63) is 59.5 Å². The molecule has 1 amide bonds. The molecule has 0 bridgehead atoms. The number of aromatic nitrogens is 3. The number of halogens is 1. The first-order valence-corrected chi connectivity index (χ1v) is 11.5. The molecule has 13 heteroatoms. The van der Waals surface area contributed by atoms with E-state index < -0.39 is 32.4 Å². The molecule has 0 aliphatic carbocycles. The standard InChI is InChI=1S/C20H19FN5O6P/c21-18-6-15(26-10-16(32-20(26)27)11-31-33(28,29)30)3-4-17(18)12-1-2-13-8-25(9-14(13)5-12)19-7-22-24-23-19/h1-7,16H,8-11H2,(H,22,23,24)(H2,28,29,30). The van der Waals surface area contributed by atoms with Gasteiger partial charge in [-0.05, 0) is 41.0 Å². The molecule has 3 heterocycles. The van der Waals surface area contributed by atoms with Gasteiger partial charge in [0.25, 0.3) is 0 Å². The molecule has 172 valence electrons. The number of hydrogen-bond donors (Lipinski definition) is 3. The second-order valence-electron chi connectivity index (χ2n) is 7.75. The minimum atomic E-state index is -4.68. The number of carbonyl (C=O) groups excluding carboxylic acids is 1. The minimum absolute atomic E-state index is 0.0191. The number of hydrogen-bond acceptors (Lipinski definition) is 7. The number of fused-ring (bicyclic) bond motifs is 1. The molecule has 1 unspecified atom stereocenters. The van der Waals surface area contributed by atoms with Crippen LogP contribution in [0.25, 0.3) is 11.1 Å². The highest BCUT2D eigenvalue weighted by atomic mass is 31.2.